The minimum Gasteiger partial charge on any atom is -0.378 e. The van der Waals surface area contributed by atoms with Gasteiger partial charge in [-0.3, -0.25) is 0 Å². The zero-order chi connectivity index (χ0) is 22.1. The maximum absolute atomic E-state index is 6.38. The van der Waals surface area contributed by atoms with Crippen LogP contribution in [0, 0.1) is 0 Å². The van der Waals surface area contributed by atoms with Gasteiger partial charge in [0.05, 0.1) is 41.7 Å². The van der Waals surface area contributed by atoms with Crippen LogP contribution in [0.4, 0.5) is 28.8 Å². The van der Waals surface area contributed by atoms with Gasteiger partial charge in [-0.05, 0) is 36.4 Å². The second kappa shape index (κ2) is 8.94. The van der Waals surface area contributed by atoms with Crippen molar-refractivity contribution in [1.82, 2.24) is 9.97 Å². The van der Waals surface area contributed by atoms with Crippen LogP contribution in [-0.2, 0) is 4.74 Å². The first-order valence-electron chi connectivity index (χ1n) is 10.4. The van der Waals surface area contributed by atoms with Gasteiger partial charge in [0.2, 0.25) is 5.95 Å². The molecular formula is C23H22Cl2N6O. The molecule has 7 nitrogen and oxygen atoms in total. The van der Waals surface area contributed by atoms with Crippen LogP contribution < -0.4 is 15.1 Å². The molecule has 1 aromatic heterocycles. The van der Waals surface area contributed by atoms with Crippen molar-refractivity contribution in [3.8, 4) is 0 Å². The van der Waals surface area contributed by atoms with E-state index in [2.05, 4.69) is 32.3 Å². The van der Waals surface area contributed by atoms with E-state index in [0.717, 1.165) is 49.1 Å². The Balaban J connectivity index is 1.36. The number of hydrogen-bond donors (Lipinski definition) is 1. The summed E-state index contributed by atoms with van der Waals surface area (Å²) in [7, 11) is 1.96. The monoisotopic (exact) mass is 468 g/mol. The van der Waals surface area contributed by atoms with E-state index in [9.17, 15) is 0 Å². The number of benzene rings is 2. The van der Waals surface area contributed by atoms with Crippen LogP contribution in [0.2, 0.25) is 10.0 Å². The molecule has 2 aliphatic heterocycles. The summed E-state index contributed by atoms with van der Waals surface area (Å²) in [6, 6.07) is 13.7. The van der Waals surface area contributed by atoms with Crippen molar-refractivity contribution in [2.45, 2.75) is 0 Å². The predicted molar refractivity (Wildman–Crippen MR) is 131 cm³/mol. The summed E-state index contributed by atoms with van der Waals surface area (Å²) in [5.41, 5.74) is 4.32. The van der Waals surface area contributed by atoms with E-state index >= 15 is 0 Å². The van der Waals surface area contributed by atoms with Crippen molar-refractivity contribution < 1.29 is 4.74 Å². The van der Waals surface area contributed by atoms with Crippen LogP contribution in [0.25, 0.3) is 0 Å². The molecule has 1 fully saturated rings. The molecule has 164 valence electrons. The van der Waals surface area contributed by atoms with E-state index < -0.39 is 0 Å². The van der Waals surface area contributed by atoms with Gasteiger partial charge in [0.1, 0.15) is 5.69 Å². The molecule has 0 amide bonds. The van der Waals surface area contributed by atoms with Crippen molar-refractivity contribution >= 4 is 57.7 Å². The SMILES string of the molecule is CN1CC(c2c(Cl)cccc2Cl)=Nc2cnc(Nc3ccc(N4CCOCC4)cc3)nc21. The Morgan fingerprint density at radius 3 is 2.44 bits per heavy atom. The third-order valence-electron chi connectivity index (χ3n) is 5.50. The van der Waals surface area contributed by atoms with Crippen LogP contribution in [0.1, 0.15) is 5.56 Å². The summed E-state index contributed by atoms with van der Waals surface area (Å²) >= 11 is 12.8. The molecule has 5 rings (SSSR count). The molecule has 0 unspecified atom stereocenters. The lowest BCUT2D eigenvalue weighted by Gasteiger charge is -2.29. The first kappa shape index (κ1) is 21.0. The predicted octanol–water partition coefficient (Wildman–Crippen LogP) is 4.93. The molecule has 3 aromatic rings. The number of rotatable bonds is 4. The first-order valence-corrected chi connectivity index (χ1v) is 11.1. The maximum atomic E-state index is 6.38. The van der Waals surface area contributed by atoms with Gasteiger partial charge in [-0.2, -0.15) is 4.98 Å². The molecule has 2 aromatic carbocycles. The number of hydrogen-bond acceptors (Lipinski definition) is 7. The zero-order valence-corrected chi connectivity index (χ0v) is 19.1. The Kier molecular flexibility index (Phi) is 5.87. The van der Waals surface area contributed by atoms with Crippen LogP contribution in [0.5, 0.6) is 0 Å². The third kappa shape index (κ3) is 4.24. The largest absolute Gasteiger partial charge is 0.378 e. The van der Waals surface area contributed by atoms with Crippen LogP contribution >= 0.6 is 23.2 Å². The second-order valence-corrected chi connectivity index (χ2v) is 8.50. The average Bonchev–Trinajstić information content (AvgIpc) is 2.80. The maximum Gasteiger partial charge on any atom is 0.229 e. The number of fused-ring (bicyclic) bond motifs is 1. The number of likely N-dealkylation sites (N-methyl/N-ethyl adjacent to an activating group) is 1. The van der Waals surface area contributed by atoms with Gasteiger partial charge in [0, 0.05) is 37.1 Å². The Morgan fingerprint density at radius 2 is 1.72 bits per heavy atom. The van der Waals surface area contributed by atoms with Crippen molar-refractivity contribution in [1.29, 1.82) is 0 Å². The first-order chi connectivity index (χ1) is 15.6. The smallest absolute Gasteiger partial charge is 0.229 e. The molecule has 1 N–H and O–H groups in total. The van der Waals surface area contributed by atoms with E-state index in [-0.39, 0.29) is 0 Å². The molecular weight excluding hydrogens is 447 g/mol. The highest BCUT2D eigenvalue weighted by atomic mass is 35.5. The van der Waals surface area contributed by atoms with Crippen LogP contribution in [0.3, 0.4) is 0 Å². The summed E-state index contributed by atoms with van der Waals surface area (Å²) in [5, 5.41) is 4.44. The lowest BCUT2D eigenvalue weighted by molar-refractivity contribution is 0.122. The molecule has 1 saturated heterocycles. The highest BCUT2D eigenvalue weighted by Gasteiger charge is 2.23. The summed E-state index contributed by atoms with van der Waals surface area (Å²) in [5.74, 6) is 1.27. The number of aliphatic imine (C=N–C) groups is 1. The minimum atomic E-state index is 0.518. The molecule has 0 atom stereocenters. The molecule has 9 heteroatoms. The minimum absolute atomic E-state index is 0.518. The number of halogens is 2. The number of nitrogens with one attached hydrogen (secondary N) is 1. The fourth-order valence-electron chi connectivity index (χ4n) is 3.88. The number of nitrogens with zero attached hydrogens (tertiary/aromatic N) is 5. The fraction of sp³-hybridized carbons (Fsp3) is 0.261. The Hall–Kier alpha value is -2.87. The number of morpholine rings is 1. The van der Waals surface area contributed by atoms with E-state index in [4.69, 9.17) is 32.9 Å². The Bertz CT molecular complexity index is 1140. The normalized spacial score (nSPS) is 15.9. The topological polar surface area (TPSA) is 65.9 Å². The van der Waals surface area contributed by atoms with Crippen molar-refractivity contribution in [2.75, 3.05) is 55.0 Å². The van der Waals surface area contributed by atoms with E-state index in [1.807, 2.05) is 42.3 Å². The highest BCUT2D eigenvalue weighted by molar-refractivity contribution is 6.40. The molecule has 2 aliphatic rings. The van der Waals surface area contributed by atoms with Gasteiger partial charge in [-0.15, -0.1) is 0 Å². The summed E-state index contributed by atoms with van der Waals surface area (Å²) in [4.78, 5) is 18.2. The Labute approximate surface area is 196 Å². The standard InChI is InChI=1S/C23H22Cl2N6O/c1-30-14-20(21-17(24)3-2-4-18(21)25)28-19-13-26-23(29-22(19)30)27-15-5-7-16(8-6-15)31-9-11-32-12-10-31/h2-8,13H,9-12,14H2,1H3,(H,26,27,29). The Morgan fingerprint density at radius 1 is 1.00 bits per heavy atom. The van der Waals surface area contributed by atoms with Gasteiger partial charge in [-0.1, -0.05) is 29.3 Å². The average molecular weight is 469 g/mol. The zero-order valence-electron chi connectivity index (χ0n) is 17.6. The molecule has 0 spiro atoms. The van der Waals surface area contributed by atoms with Gasteiger partial charge in [0.15, 0.2) is 5.82 Å². The summed E-state index contributed by atoms with van der Waals surface area (Å²) < 4.78 is 5.42. The quantitative estimate of drug-likeness (QED) is 0.585. The third-order valence-corrected chi connectivity index (χ3v) is 6.13. The molecule has 0 bridgehead atoms. The molecule has 0 saturated carbocycles. The van der Waals surface area contributed by atoms with Gasteiger partial charge in [-0.25, -0.2) is 9.98 Å². The molecule has 0 aliphatic carbocycles. The van der Waals surface area contributed by atoms with E-state index in [0.29, 0.717) is 28.2 Å². The number of anilines is 4. The van der Waals surface area contributed by atoms with Gasteiger partial charge >= 0.3 is 0 Å². The lowest BCUT2D eigenvalue weighted by atomic mass is 10.1. The highest BCUT2D eigenvalue weighted by Crippen LogP contribution is 2.34. The fourth-order valence-corrected chi connectivity index (χ4v) is 4.50. The summed E-state index contributed by atoms with van der Waals surface area (Å²) in [6.45, 7) is 3.90. The van der Waals surface area contributed by atoms with E-state index in [1.54, 1.807) is 6.20 Å². The van der Waals surface area contributed by atoms with Gasteiger partial charge in [0.25, 0.3) is 0 Å². The summed E-state index contributed by atoms with van der Waals surface area (Å²) in [6.07, 6.45) is 1.72. The van der Waals surface area contributed by atoms with Crippen LogP contribution in [0.15, 0.2) is 53.7 Å². The van der Waals surface area contributed by atoms with Crippen LogP contribution in [-0.4, -0.2) is 55.6 Å². The number of aromatic nitrogens is 2. The van der Waals surface area contributed by atoms with Crippen molar-refractivity contribution in [2.24, 2.45) is 4.99 Å². The van der Waals surface area contributed by atoms with E-state index in [1.165, 1.54) is 5.69 Å². The molecule has 32 heavy (non-hydrogen) atoms. The number of ether oxygens (including phenoxy) is 1. The molecule has 0 radical (unpaired) electrons. The lowest BCUT2D eigenvalue weighted by Crippen LogP contribution is -2.36. The van der Waals surface area contributed by atoms with Crippen molar-refractivity contribution in [3.63, 3.8) is 0 Å². The van der Waals surface area contributed by atoms with Crippen molar-refractivity contribution in [3.05, 3.63) is 64.3 Å². The second-order valence-electron chi connectivity index (χ2n) is 7.68. The van der Waals surface area contributed by atoms with Gasteiger partial charge < -0.3 is 19.9 Å². The molecule has 3 heterocycles.